The lowest BCUT2D eigenvalue weighted by atomic mass is 9.93. The van der Waals surface area contributed by atoms with Crippen LogP contribution < -0.4 is 4.90 Å². The summed E-state index contributed by atoms with van der Waals surface area (Å²) < 4.78 is 2.36. The smallest absolute Gasteiger partial charge is 0.0541 e. The second-order valence-electron chi connectivity index (χ2n) is 12.2. The number of fused-ring (bicyclic) bond motifs is 3. The predicted molar refractivity (Wildman–Crippen MR) is 210 cm³/mol. The van der Waals surface area contributed by atoms with Crippen molar-refractivity contribution in [1.82, 2.24) is 4.57 Å². The molecule has 234 valence electrons. The molecule has 7 aromatic carbocycles. The van der Waals surface area contributed by atoms with Gasteiger partial charge in [-0.25, -0.2) is 0 Å². The van der Waals surface area contributed by atoms with Gasteiger partial charge in [-0.15, -0.1) is 0 Å². The minimum absolute atomic E-state index is 1.10. The molecule has 1 aromatic heterocycles. The van der Waals surface area contributed by atoms with E-state index in [1.807, 2.05) is 6.08 Å². The maximum Gasteiger partial charge on any atom is 0.0541 e. The summed E-state index contributed by atoms with van der Waals surface area (Å²) in [6.45, 7) is 6.13. The molecule has 8 aromatic rings. The number of anilines is 3. The number of nitrogens with zero attached hydrogens (tertiary/aromatic N) is 2. The topological polar surface area (TPSA) is 8.17 Å². The van der Waals surface area contributed by atoms with Crippen molar-refractivity contribution in [3.63, 3.8) is 0 Å². The number of hydrogen-bond acceptors (Lipinski definition) is 1. The predicted octanol–water partition coefficient (Wildman–Crippen LogP) is 13.0. The van der Waals surface area contributed by atoms with E-state index < -0.39 is 0 Å². The Morgan fingerprint density at radius 2 is 1.00 bits per heavy atom. The van der Waals surface area contributed by atoms with Crippen molar-refractivity contribution < 1.29 is 0 Å². The Bertz CT molecular complexity index is 2380. The summed E-state index contributed by atoms with van der Waals surface area (Å²) >= 11 is 0. The van der Waals surface area contributed by atoms with Crippen molar-refractivity contribution in [2.24, 2.45) is 0 Å². The number of rotatable bonds is 8. The third-order valence-corrected chi connectivity index (χ3v) is 9.37. The molecule has 0 amide bonds. The van der Waals surface area contributed by atoms with Crippen LogP contribution in [0, 0.1) is 0 Å². The Balaban J connectivity index is 1.11. The highest BCUT2D eigenvalue weighted by molar-refractivity contribution is 6.09. The Morgan fingerprint density at radius 3 is 1.59 bits per heavy atom. The third kappa shape index (κ3) is 5.54. The summed E-state index contributed by atoms with van der Waals surface area (Å²) in [5.74, 6) is 0. The van der Waals surface area contributed by atoms with E-state index in [0.29, 0.717) is 0 Å². The molecule has 0 saturated carbocycles. The fourth-order valence-electron chi connectivity index (χ4n) is 7.02. The van der Waals surface area contributed by atoms with Crippen molar-refractivity contribution in [3.8, 4) is 16.8 Å². The van der Waals surface area contributed by atoms with Crippen molar-refractivity contribution in [1.29, 1.82) is 0 Å². The molecule has 2 nitrogen and oxygen atoms in total. The van der Waals surface area contributed by atoms with Crippen molar-refractivity contribution in [2.75, 3.05) is 4.90 Å². The molecule has 0 saturated heterocycles. The van der Waals surface area contributed by atoms with Gasteiger partial charge in [0.05, 0.1) is 11.0 Å². The van der Waals surface area contributed by atoms with Crippen molar-refractivity contribution in [3.05, 3.63) is 205 Å². The fourth-order valence-corrected chi connectivity index (χ4v) is 7.02. The van der Waals surface area contributed by atoms with Gasteiger partial charge in [0.1, 0.15) is 0 Å². The first-order chi connectivity index (χ1) is 24.2. The molecule has 0 aliphatic heterocycles. The van der Waals surface area contributed by atoms with Crippen LogP contribution in [0.1, 0.15) is 23.6 Å². The molecule has 0 unspecified atom stereocenters. The second kappa shape index (κ2) is 13.0. The number of hydrogen-bond donors (Lipinski definition) is 0. The van der Waals surface area contributed by atoms with Gasteiger partial charge in [0.25, 0.3) is 0 Å². The monoisotopic (exact) mass is 628 g/mol. The summed E-state index contributed by atoms with van der Waals surface area (Å²) in [6.07, 6.45) is 4.11. The van der Waals surface area contributed by atoms with E-state index in [0.717, 1.165) is 28.3 Å². The van der Waals surface area contributed by atoms with E-state index in [1.165, 1.54) is 49.6 Å². The highest BCUT2D eigenvalue weighted by atomic mass is 15.1. The first kappa shape index (κ1) is 30.0. The second-order valence-corrected chi connectivity index (χ2v) is 12.2. The molecule has 0 aliphatic rings. The molecule has 0 N–H and O–H groups in total. The van der Waals surface area contributed by atoms with Gasteiger partial charge >= 0.3 is 0 Å². The summed E-state index contributed by atoms with van der Waals surface area (Å²) in [4.78, 5) is 2.31. The van der Waals surface area contributed by atoms with Crippen LogP contribution in [-0.2, 0) is 0 Å². The quantitative estimate of drug-likeness (QED) is 0.163. The van der Waals surface area contributed by atoms with Gasteiger partial charge < -0.3 is 9.47 Å². The van der Waals surface area contributed by atoms with Crippen LogP contribution in [0.2, 0.25) is 0 Å². The van der Waals surface area contributed by atoms with E-state index >= 15 is 0 Å². The van der Waals surface area contributed by atoms with Crippen LogP contribution in [0.5, 0.6) is 0 Å². The standard InChI is InChI=1S/C47H36N2/c1-3-34-14-8-9-17-43(34)42(4-2)37-26-32-40(33-27-37)48(38-15-6-5-7-16-38)39-28-22-35(23-29-39)36-24-30-41(31-25-36)49-46-20-12-10-18-44(46)45-19-11-13-21-47(45)49/h3-33H,1H2,2H3/b42-4-. The molecule has 2 heteroatoms. The summed E-state index contributed by atoms with van der Waals surface area (Å²) in [6, 6.07) is 62.9. The lowest BCUT2D eigenvalue weighted by molar-refractivity contribution is 1.18. The number of benzene rings is 7. The third-order valence-electron chi connectivity index (χ3n) is 9.37. The molecule has 1 heterocycles. The van der Waals surface area contributed by atoms with Gasteiger partial charge in [-0.05, 0) is 101 Å². The summed E-state index contributed by atoms with van der Waals surface area (Å²) in [5.41, 5.74) is 14.0. The van der Waals surface area contributed by atoms with Gasteiger partial charge in [-0.3, -0.25) is 0 Å². The van der Waals surface area contributed by atoms with E-state index in [-0.39, 0.29) is 0 Å². The molecule has 49 heavy (non-hydrogen) atoms. The Morgan fingerprint density at radius 1 is 0.510 bits per heavy atom. The summed E-state index contributed by atoms with van der Waals surface area (Å²) in [7, 11) is 0. The lowest BCUT2D eigenvalue weighted by Crippen LogP contribution is -2.09. The molecule has 0 fully saturated rings. The molecule has 0 atom stereocenters. The van der Waals surface area contributed by atoms with E-state index in [9.17, 15) is 0 Å². The zero-order valence-electron chi connectivity index (χ0n) is 27.5. The van der Waals surface area contributed by atoms with Gasteiger partial charge in [0.15, 0.2) is 0 Å². The maximum atomic E-state index is 4.03. The Labute approximate surface area is 288 Å². The van der Waals surface area contributed by atoms with Crippen LogP contribution in [0.3, 0.4) is 0 Å². The number of aromatic nitrogens is 1. The average Bonchev–Trinajstić information content (AvgIpc) is 3.51. The van der Waals surface area contributed by atoms with E-state index in [1.54, 1.807) is 0 Å². The zero-order chi connectivity index (χ0) is 33.2. The Hall–Kier alpha value is -6.38. The SMILES string of the molecule is C=Cc1ccccc1/C(=C\C)c1ccc(N(c2ccccc2)c2ccc(-c3ccc(-n4c5ccccc5c5ccccc54)cc3)cc2)cc1. The first-order valence-corrected chi connectivity index (χ1v) is 16.8. The van der Waals surface area contributed by atoms with Gasteiger partial charge in [-0.2, -0.15) is 0 Å². The molecular formula is C47H36N2. The van der Waals surface area contributed by atoms with Crippen LogP contribution in [0.25, 0.3) is 50.3 Å². The molecule has 8 rings (SSSR count). The fraction of sp³-hybridized carbons (Fsp3) is 0.0213. The normalized spacial score (nSPS) is 11.6. The van der Waals surface area contributed by atoms with Crippen molar-refractivity contribution >= 4 is 50.5 Å². The van der Waals surface area contributed by atoms with Crippen LogP contribution >= 0.6 is 0 Å². The van der Waals surface area contributed by atoms with Gasteiger partial charge in [-0.1, -0.05) is 134 Å². The molecule has 0 spiro atoms. The molecule has 0 radical (unpaired) electrons. The lowest BCUT2D eigenvalue weighted by Gasteiger charge is -2.26. The highest BCUT2D eigenvalue weighted by Gasteiger charge is 2.15. The largest absolute Gasteiger partial charge is 0.311 e. The van der Waals surface area contributed by atoms with E-state index in [4.69, 9.17) is 0 Å². The van der Waals surface area contributed by atoms with Crippen LogP contribution in [-0.4, -0.2) is 4.57 Å². The number of para-hydroxylation sites is 3. The van der Waals surface area contributed by atoms with Gasteiger partial charge in [0, 0.05) is 33.5 Å². The molecule has 0 aliphatic carbocycles. The molecular weight excluding hydrogens is 593 g/mol. The van der Waals surface area contributed by atoms with Crippen molar-refractivity contribution in [2.45, 2.75) is 6.92 Å². The average molecular weight is 629 g/mol. The minimum Gasteiger partial charge on any atom is -0.311 e. The van der Waals surface area contributed by atoms with E-state index in [2.05, 4.69) is 205 Å². The molecule has 0 bridgehead atoms. The maximum absolute atomic E-state index is 4.03. The first-order valence-electron chi connectivity index (χ1n) is 16.8. The van der Waals surface area contributed by atoms with Gasteiger partial charge in [0.2, 0.25) is 0 Å². The van der Waals surface area contributed by atoms with Crippen LogP contribution in [0.4, 0.5) is 17.1 Å². The van der Waals surface area contributed by atoms with Crippen LogP contribution in [0.15, 0.2) is 189 Å². The minimum atomic E-state index is 1.10. The zero-order valence-corrected chi connectivity index (χ0v) is 27.5. The number of allylic oxidation sites excluding steroid dienone is 1. The highest BCUT2D eigenvalue weighted by Crippen LogP contribution is 2.38. The Kier molecular flexibility index (Phi) is 7.97. The summed E-state index contributed by atoms with van der Waals surface area (Å²) in [5, 5.41) is 2.55.